The van der Waals surface area contributed by atoms with Crippen molar-refractivity contribution in [2.45, 2.75) is 24.7 Å². The second-order valence-corrected chi connectivity index (χ2v) is 8.74. The molecule has 0 amide bonds. The van der Waals surface area contributed by atoms with Gasteiger partial charge in [0.15, 0.2) is 0 Å². The summed E-state index contributed by atoms with van der Waals surface area (Å²) in [4.78, 5) is 0.669. The van der Waals surface area contributed by atoms with Gasteiger partial charge >= 0.3 is 17.8 Å². The van der Waals surface area contributed by atoms with Crippen LogP contribution in [-0.4, -0.2) is 32.0 Å². The van der Waals surface area contributed by atoms with Crippen LogP contribution < -0.4 is 9.47 Å². The molecule has 174 valence electrons. The first kappa shape index (κ1) is 23.2. The van der Waals surface area contributed by atoms with E-state index in [0.717, 1.165) is 24.5 Å². The summed E-state index contributed by atoms with van der Waals surface area (Å²) in [5, 5.41) is 0. The Morgan fingerprint density at radius 3 is 1.88 bits per heavy atom. The van der Waals surface area contributed by atoms with Crippen LogP contribution in [0.2, 0.25) is 0 Å². The van der Waals surface area contributed by atoms with Gasteiger partial charge < -0.3 is 9.47 Å². The molecular weight excluding hydrogens is 466 g/mol. The van der Waals surface area contributed by atoms with Gasteiger partial charge in [-0.2, -0.15) is 26.3 Å². The Kier molecular flexibility index (Phi) is 5.51. The molecule has 0 N–H and O–H groups in total. The quantitative estimate of drug-likeness (QED) is 0.348. The summed E-state index contributed by atoms with van der Waals surface area (Å²) in [5.41, 5.74) is -3.08. The summed E-state index contributed by atoms with van der Waals surface area (Å²) >= 11 is 1.05. The largest absolute Gasteiger partial charge is 0.497 e. The third-order valence-electron chi connectivity index (χ3n) is 5.60. The highest BCUT2D eigenvalue weighted by Crippen LogP contribution is 2.66. The first-order valence-electron chi connectivity index (χ1n) is 9.74. The van der Waals surface area contributed by atoms with Crippen LogP contribution in [0.4, 0.5) is 26.3 Å². The second-order valence-electron chi connectivity index (χ2n) is 7.48. The number of ether oxygens (including phenoxy) is 2. The molecule has 4 rings (SSSR count). The molecule has 1 aromatic heterocycles. The first-order chi connectivity index (χ1) is 15.5. The lowest BCUT2D eigenvalue weighted by atomic mass is 9.94. The minimum Gasteiger partial charge on any atom is -0.497 e. The number of methoxy groups -OCH3 is 2. The molecule has 0 saturated heterocycles. The van der Waals surface area contributed by atoms with Crippen LogP contribution >= 0.6 is 11.3 Å². The first-order valence-corrected chi connectivity index (χ1v) is 10.6. The van der Waals surface area contributed by atoms with E-state index >= 15 is 17.6 Å². The van der Waals surface area contributed by atoms with Crippen molar-refractivity contribution < 1.29 is 35.8 Å². The standard InChI is InChI=1S/C24H18F6O2S/c1-13-17(12-19(33-13)14-8-10-15(31-2)11-9-14)21-20(16-6-4-5-7-18(16)32-3)22(25,26)24(29,30)23(21,27)28/h4-12H,1-3H3. The van der Waals surface area contributed by atoms with Crippen LogP contribution in [0.5, 0.6) is 11.5 Å². The Hall–Kier alpha value is -2.94. The highest BCUT2D eigenvalue weighted by atomic mass is 32.1. The number of rotatable bonds is 5. The molecule has 0 aliphatic heterocycles. The van der Waals surface area contributed by atoms with Crippen LogP contribution in [0.15, 0.2) is 54.6 Å². The van der Waals surface area contributed by atoms with Gasteiger partial charge in [-0.25, -0.2) is 0 Å². The van der Waals surface area contributed by atoms with Crippen molar-refractivity contribution in [3.05, 3.63) is 70.6 Å². The Morgan fingerprint density at radius 1 is 0.727 bits per heavy atom. The third-order valence-corrected chi connectivity index (χ3v) is 6.70. The van der Waals surface area contributed by atoms with Gasteiger partial charge in [0.05, 0.1) is 14.2 Å². The number of thiophene rings is 1. The van der Waals surface area contributed by atoms with E-state index in [0.29, 0.717) is 16.2 Å². The minimum absolute atomic E-state index is 0.205. The molecule has 0 spiro atoms. The van der Waals surface area contributed by atoms with Gasteiger partial charge in [0.2, 0.25) is 0 Å². The van der Waals surface area contributed by atoms with Gasteiger partial charge in [0.25, 0.3) is 0 Å². The van der Waals surface area contributed by atoms with Gasteiger partial charge in [-0.15, -0.1) is 11.3 Å². The zero-order valence-electron chi connectivity index (χ0n) is 17.7. The van der Waals surface area contributed by atoms with Crippen LogP contribution in [0.1, 0.15) is 16.0 Å². The lowest BCUT2D eigenvalue weighted by Crippen LogP contribution is -2.48. The number of aryl methyl sites for hydroxylation is 1. The zero-order valence-corrected chi connectivity index (χ0v) is 18.5. The number of allylic oxidation sites excluding steroid dienone is 2. The number of halogens is 6. The van der Waals surface area contributed by atoms with E-state index in [9.17, 15) is 8.78 Å². The molecule has 0 atom stereocenters. The summed E-state index contributed by atoms with van der Waals surface area (Å²) in [6, 6.07) is 12.9. The molecule has 0 saturated carbocycles. The molecule has 1 aliphatic rings. The van der Waals surface area contributed by atoms with Crippen LogP contribution in [0.25, 0.3) is 21.6 Å². The summed E-state index contributed by atoms with van der Waals surface area (Å²) in [6.45, 7) is 1.44. The SMILES string of the molecule is COc1ccc(-c2cc(C3=C(c4ccccc4OC)C(F)(F)C(F)(F)C3(F)F)c(C)s2)cc1. The molecule has 0 radical (unpaired) electrons. The lowest BCUT2D eigenvalue weighted by Gasteiger charge is -2.26. The number of hydrogen-bond donors (Lipinski definition) is 0. The van der Waals surface area contributed by atoms with Crippen molar-refractivity contribution in [1.29, 1.82) is 0 Å². The summed E-state index contributed by atoms with van der Waals surface area (Å²) in [6.07, 6.45) is 0. The fraction of sp³-hybridized carbons (Fsp3) is 0.250. The molecule has 2 nitrogen and oxygen atoms in total. The molecule has 0 unspecified atom stereocenters. The predicted molar refractivity (Wildman–Crippen MR) is 116 cm³/mol. The van der Waals surface area contributed by atoms with Crippen molar-refractivity contribution in [2.24, 2.45) is 0 Å². The summed E-state index contributed by atoms with van der Waals surface area (Å²) in [7, 11) is 2.64. The molecule has 1 aliphatic carbocycles. The van der Waals surface area contributed by atoms with Gasteiger partial charge in [0, 0.05) is 26.5 Å². The number of hydrogen-bond acceptors (Lipinski definition) is 3. The maximum atomic E-state index is 15.1. The molecule has 1 heterocycles. The van der Waals surface area contributed by atoms with Gasteiger partial charge in [-0.1, -0.05) is 18.2 Å². The maximum absolute atomic E-state index is 15.1. The Balaban J connectivity index is 2.00. The number of para-hydroxylation sites is 1. The third kappa shape index (κ3) is 3.32. The van der Waals surface area contributed by atoms with Gasteiger partial charge in [-0.05, 0) is 54.4 Å². The Labute approximate surface area is 190 Å². The van der Waals surface area contributed by atoms with Crippen LogP contribution in [0, 0.1) is 6.92 Å². The van der Waals surface area contributed by atoms with Crippen molar-refractivity contribution in [2.75, 3.05) is 14.2 Å². The molecular formula is C24H18F6O2S. The highest BCUT2D eigenvalue weighted by molar-refractivity contribution is 7.15. The molecule has 9 heteroatoms. The minimum atomic E-state index is -5.62. The molecule has 2 aromatic carbocycles. The number of alkyl halides is 6. The fourth-order valence-electron chi connectivity index (χ4n) is 3.91. The van der Waals surface area contributed by atoms with Gasteiger partial charge in [0.1, 0.15) is 11.5 Å². The molecule has 0 bridgehead atoms. The molecule has 33 heavy (non-hydrogen) atoms. The maximum Gasteiger partial charge on any atom is 0.380 e. The molecule has 3 aromatic rings. The van der Waals surface area contributed by atoms with Crippen molar-refractivity contribution in [3.8, 4) is 21.9 Å². The lowest BCUT2D eigenvalue weighted by molar-refractivity contribution is -0.254. The van der Waals surface area contributed by atoms with E-state index < -0.39 is 34.5 Å². The van der Waals surface area contributed by atoms with Crippen molar-refractivity contribution in [3.63, 3.8) is 0 Å². The van der Waals surface area contributed by atoms with Crippen LogP contribution in [0.3, 0.4) is 0 Å². The van der Waals surface area contributed by atoms with E-state index in [-0.39, 0.29) is 16.2 Å². The van der Waals surface area contributed by atoms with E-state index in [1.54, 1.807) is 24.3 Å². The normalized spacial score (nSPS) is 18.5. The van der Waals surface area contributed by atoms with Gasteiger partial charge in [-0.3, -0.25) is 0 Å². The van der Waals surface area contributed by atoms with Crippen molar-refractivity contribution in [1.82, 2.24) is 0 Å². The Morgan fingerprint density at radius 2 is 1.30 bits per heavy atom. The van der Waals surface area contributed by atoms with Crippen LogP contribution in [-0.2, 0) is 0 Å². The summed E-state index contributed by atoms with van der Waals surface area (Å²) < 4.78 is 99.4. The van der Waals surface area contributed by atoms with E-state index in [1.165, 1.54) is 38.3 Å². The van der Waals surface area contributed by atoms with Crippen molar-refractivity contribution >= 4 is 22.5 Å². The number of benzene rings is 2. The smallest absolute Gasteiger partial charge is 0.380 e. The van der Waals surface area contributed by atoms with E-state index in [1.807, 2.05) is 0 Å². The highest BCUT2D eigenvalue weighted by Gasteiger charge is 2.80. The fourth-order valence-corrected chi connectivity index (χ4v) is 4.94. The zero-order chi connectivity index (χ0) is 24.2. The predicted octanol–water partition coefficient (Wildman–Crippen LogP) is 7.57. The molecule has 0 fully saturated rings. The average Bonchev–Trinajstić information content (AvgIpc) is 3.21. The average molecular weight is 484 g/mol. The Bertz CT molecular complexity index is 1230. The topological polar surface area (TPSA) is 18.5 Å². The van der Waals surface area contributed by atoms with E-state index in [2.05, 4.69) is 0 Å². The van der Waals surface area contributed by atoms with E-state index in [4.69, 9.17) is 9.47 Å². The summed E-state index contributed by atoms with van der Waals surface area (Å²) in [5.74, 6) is -15.5. The second kappa shape index (κ2) is 7.83. The monoisotopic (exact) mass is 484 g/mol.